The monoisotopic (exact) mass is 259 g/mol. The molecular formula is C12H15ClFNO2. The molecule has 1 aromatic carbocycles. The third-order valence-corrected chi connectivity index (χ3v) is 2.56. The number of rotatable bonds is 6. The standard InChI is InChI=1S/C12H15ClFNO2/c1-17-12(16)3-2-6-15-8-9-4-5-11(14)10(13)7-9/h4-5,7,15H,2-3,6,8H2,1H3. The van der Waals surface area contributed by atoms with Crippen LogP contribution in [0.25, 0.3) is 0 Å². The number of carbonyl (C=O) groups excluding carboxylic acids is 1. The first-order valence-electron chi connectivity index (χ1n) is 5.35. The van der Waals surface area contributed by atoms with Crippen LogP contribution in [0.1, 0.15) is 18.4 Å². The van der Waals surface area contributed by atoms with Crippen molar-refractivity contribution in [1.29, 1.82) is 0 Å². The van der Waals surface area contributed by atoms with Gasteiger partial charge in [0.2, 0.25) is 0 Å². The van der Waals surface area contributed by atoms with Crippen LogP contribution >= 0.6 is 11.6 Å². The number of halogens is 2. The van der Waals surface area contributed by atoms with Gasteiger partial charge in [-0.3, -0.25) is 4.79 Å². The quantitative estimate of drug-likeness (QED) is 0.630. The van der Waals surface area contributed by atoms with Gasteiger partial charge >= 0.3 is 5.97 Å². The summed E-state index contributed by atoms with van der Waals surface area (Å²) in [5, 5.41) is 3.26. The molecule has 0 saturated heterocycles. The Morgan fingerprint density at radius 3 is 2.94 bits per heavy atom. The Kier molecular flexibility index (Phi) is 5.94. The molecule has 0 bridgehead atoms. The molecule has 1 N–H and O–H groups in total. The number of carbonyl (C=O) groups is 1. The highest BCUT2D eigenvalue weighted by Gasteiger charge is 2.01. The minimum atomic E-state index is -0.416. The van der Waals surface area contributed by atoms with E-state index in [2.05, 4.69) is 10.1 Å². The highest BCUT2D eigenvalue weighted by atomic mass is 35.5. The van der Waals surface area contributed by atoms with E-state index in [0.717, 1.165) is 5.56 Å². The molecule has 17 heavy (non-hydrogen) atoms. The number of hydrogen-bond acceptors (Lipinski definition) is 3. The largest absolute Gasteiger partial charge is 0.469 e. The highest BCUT2D eigenvalue weighted by Crippen LogP contribution is 2.15. The fraction of sp³-hybridized carbons (Fsp3) is 0.417. The molecule has 0 unspecified atom stereocenters. The van der Waals surface area contributed by atoms with Gasteiger partial charge in [0.1, 0.15) is 5.82 Å². The first-order valence-corrected chi connectivity index (χ1v) is 5.72. The Morgan fingerprint density at radius 1 is 1.53 bits per heavy atom. The van der Waals surface area contributed by atoms with Crippen molar-refractivity contribution >= 4 is 17.6 Å². The smallest absolute Gasteiger partial charge is 0.305 e. The summed E-state index contributed by atoms with van der Waals surface area (Å²) in [6.45, 7) is 1.30. The van der Waals surface area contributed by atoms with Crippen molar-refractivity contribution in [3.63, 3.8) is 0 Å². The first kappa shape index (κ1) is 13.9. The van der Waals surface area contributed by atoms with Crippen molar-refractivity contribution in [3.8, 4) is 0 Å². The fourth-order valence-corrected chi connectivity index (χ4v) is 1.55. The normalized spacial score (nSPS) is 10.3. The van der Waals surface area contributed by atoms with Crippen molar-refractivity contribution < 1.29 is 13.9 Å². The number of benzene rings is 1. The molecule has 0 atom stereocenters. The zero-order valence-corrected chi connectivity index (χ0v) is 10.4. The molecule has 1 aromatic rings. The Labute approximate surface area is 105 Å². The lowest BCUT2D eigenvalue weighted by atomic mass is 10.2. The van der Waals surface area contributed by atoms with E-state index in [9.17, 15) is 9.18 Å². The SMILES string of the molecule is COC(=O)CCCNCc1ccc(F)c(Cl)c1. The second-order valence-corrected chi connectivity index (χ2v) is 4.01. The number of ether oxygens (including phenoxy) is 1. The van der Waals surface area contributed by atoms with Crippen LogP contribution in [0.3, 0.4) is 0 Å². The van der Waals surface area contributed by atoms with Gasteiger partial charge in [-0.2, -0.15) is 0 Å². The van der Waals surface area contributed by atoms with Crippen LogP contribution in [0.2, 0.25) is 5.02 Å². The van der Waals surface area contributed by atoms with Crippen LogP contribution in [-0.4, -0.2) is 19.6 Å². The third kappa shape index (κ3) is 5.15. The molecule has 0 aromatic heterocycles. The van der Waals surface area contributed by atoms with E-state index in [1.54, 1.807) is 12.1 Å². The Morgan fingerprint density at radius 2 is 2.29 bits per heavy atom. The summed E-state index contributed by atoms with van der Waals surface area (Å²) in [5.74, 6) is -0.627. The first-order chi connectivity index (χ1) is 8.13. The van der Waals surface area contributed by atoms with Crippen molar-refractivity contribution in [2.45, 2.75) is 19.4 Å². The zero-order chi connectivity index (χ0) is 12.7. The van der Waals surface area contributed by atoms with Gasteiger partial charge in [0.05, 0.1) is 12.1 Å². The molecular weight excluding hydrogens is 245 g/mol. The second kappa shape index (κ2) is 7.25. The minimum absolute atomic E-state index is 0.124. The van der Waals surface area contributed by atoms with Crippen LogP contribution in [0.15, 0.2) is 18.2 Å². The molecule has 5 heteroatoms. The van der Waals surface area contributed by atoms with Gasteiger partial charge in [0.25, 0.3) is 0 Å². The highest BCUT2D eigenvalue weighted by molar-refractivity contribution is 6.30. The molecule has 3 nitrogen and oxygen atoms in total. The molecule has 94 valence electrons. The van der Waals surface area contributed by atoms with Gasteiger partial charge in [0, 0.05) is 13.0 Å². The molecule has 0 spiro atoms. The maximum atomic E-state index is 12.9. The van der Waals surface area contributed by atoms with E-state index in [4.69, 9.17) is 11.6 Å². The van der Waals surface area contributed by atoms with Gasteiger partial charge in [-0.25, -0.2) is 4.39 Å². The van der Waals surface area contributed by atoms with Gasteiger partial charge in [0.15, 0.2) is 0 Å². The predicted molar refractivity (Wildman–Crippen MR) is 64.4 cm³/mol. The summed E-state index contributed by atoms with van der Waals surface area (Å²) in [5.41, 5.74) is 0.912. The number of esters is 1. The second-order valence-electron chi connectivity index (χ2n) is 3.60. The maximum absolute atomic E-state index is 12.9. The lowest BCUT2D eigenvalue weighted by molar-refractivity contribution is -0.140. The number of nitrogens with one attached hydrogen (secondary N) is 1. The summed E-state index contributed by atoms with van der Waals surface area (Å²) in [6, 6.07) is 4.60. The van der Waals surface area contributed by atoms with Crippen molar-refractivity contribution in [1.82, 2.24) is 5.32 Å². The van der Waals surface area contributed by atoms with Crippen LogP contribution in [0.5, 0.6) is 0 Å². The van der Waals surface area contributed by atoms with Crippen LogP contribution < -0.4 is 5.32 Å². The van der Waals surface area contributed by atoms with E-state index < -0.39 is 5.82 Å². The lowest BCUT2D eigenvalue weighted by Crippen LogP contribution is -2.16. The van der Waals surface area contributed by atoms with Gasteiger partial charge in [-0.1, -0.05) is 17.7 Å². The Bertz CT molecular complexity index is 385. The van der Waals surface area contributed by atoms with E-state index in [0.29, 0.717) is 25.9 Å². The van der Waals surface area contributed by atoms with Crippen molar-refractivity contribution in [2.24, 2.45) is 0 Å². The molecule has 0 aliphatic carbocycles. The summed E-state index contributed by atoms with van der Waals surface area (Å²) < 4.78 is 17.4. The van der Waals surface area contributed by atoms with Crippen LogP contribution in [-0.2, 0) is 16.1 Å². The van der Waals surface area contributed by atoms with E-state index in [-0.39, 0.29) is 11.0 Å². The summed E-state index contributed by atoms with van der Waals surface area (Å²) in [6.07, 6.45) is 1.11. The van der Waals surface area contributed by atoms with Crippen LogP contribution in [0, 0.1) is 5.82 Å². The van der Waals surface area contributed by atoms with E-state index in [1.807, 2.05) is 0 Å². The molecule has 0 heterocycles. The molecule has 0 radical (unpaired) electrons. The maximum Gasteiger partial charge on any atom is 0.305 e. The van der Waals surface area contributed by atoms with Crippen LogP contribution in [0.4, 0.5) is 4.39 Å². The predicted octanol–water partition coefficient (Wildman–Crippen LogP) is 2.52. The number of hydrogen-bond donors (Lipinski definition) is 1. The summed E-state index contributed by atoms with van der Waals surface area (Å²) >= 11 is 5.65. The zero-order valence-electron chi connectivity index (χ0n) is 9.63. The minimum Gasteiger partial charge on any atom is -0.469 e. The third-order valence-electron chi connectivity index (χ3n) is 2.28. The topological polar surface area (TPSA) is 38.3 Å². The van der Waals surface area contributed by atoms with Crippen molar-refractivity contribution in [3.05, 3.63) is 34.6 Å². The molecule has 0 saturated carbocycles. The Balaban J connectivity index is 2.22. The summed E-state index contributed by atoms with van der Waals surface area (Å²) in [7, 11) is 1.37. The average molecular weight is 260 g/mol. The summed E-state index contributed by atoms with van der Waals surface area (Å²) in [4.78, 5) is 10.8. The van der Waals surface area contributed by atoms with Gasteiger partial charge in [-0.15, -0.1) is 0 Å². The molecule has 0 amide bonds. The Hall–Kier alpha value is -1.13. The molecule has 1 rings (SSSR count). The molecule has 0 aliphatic heterocycles. The molecule has 0 fully saturated rings. The van der Waals surface area contributed by atoms with Gasteiger partial charge in [-0.05, 0) is 30.7 Å². The lowest BCUT2D eigenvalue weighted by Gasteiger charge is -2.05. The molecule has 0 aliphatic rings. The fourth-order valence-electron chi connectivity index (χ4n) is 1.34. The van der Waals surface area contributed by atoms with Gasteiger partial charge < -0.3 is 10.1 Å². The average Bonchev–Trinajstić information content (AvgIpc) is 2.33. The van der Waals surface area contributed by atoms with Crippen molar-refractivity contribution in [2.75, 3.05) is 13.7 Å². The number of methoxy groups -OCH3 is 1. The van der Waals surface area contributed by atoms with E-state index in [1.165, 1.54) is 13.2 Å². The van der Waals surface area contributed by atoms with E-state index >= 15 is 0 Å².